The topological polar surface area (TPSA) is 207 Å². The standard InChI is InChI=1S/C38H47N6O7P/c1-23(41-36(47)32(22-45)43-37(48)34-27-17-25-16-26(19-27)20-28(34)18-25)35(46)44-33(21-24-12-14-29(15-13-24)42-38(39)40)52(49,50-30-8-4-2-5-9-30)51-31-10-6-3-7-11-31/h2-15,23,25-28,32-34,45H,16-22H2,1H3,(H,41,47)(H,43,48)(H,44,46)(H4,39,40,42)/t23-,25?,26?,27?,28?,32+,33?,34?/m0/s1. The van der Waals surface area contributed by atoms with Gasteiger partial charge < -0.3 is 41.6 Å². The minimum absolute atomic E-state index is 0.00773. The number of guanidine groups is 1. The fourth-order valence-electron chi connectivity index (χ4n) is 8.21. The summed E-state index contributed by atoms with van der Waals surface area (Å²) in [4.78, 5) is 44.7. The van der Waals surface area contributed by atoms with Crippen molar-refractivity contribution in [2.45, 2.75) is 63.3 Å². The smallest absolute Gasteiger partial charge is 0.415 e. The molecule has 0 saturated heterocycles. The van der Waals surface area contributed by atoms with Crippen LogP contribution in [0.1, 0.15) is 44.6 Å². The van der Waals surface area contributed by atoms with Crippen LogP contribution < -0.4 is 36.5 Å². The van der Waals surface area contributed by atoms with Gasteiger partial charge in [-0.2, -0.15) is 0 Å². The van der Waals surface area contributed by atoms with Crippen molar-refractivity contribution < 1.29 is 33.1 Å². The van der Waals surface area contributed by atoms with Crippen LogP contribution in [0.2, 0.25) is 0 Å². The lowest BCUT2D eigenvalue weighted by atomic mass is 9.51. The fourth-order valence-corrected chi connectivity index (χ4v) is 10.0. The number of benzene rings is 3. The number of nitrogens with one attached hydrogen (secondary N) is 3. The van der Waals surface area contributed by atoms with Gasteiger partial charge in [-0.1, -0.05) is 48.5 Å². The van der Waals surface area contributed by atoms with Gasteiger partial charge in [0.1, 0.15) is 23.6 Å². The first-order chi connectivity index (χ1) is 25.0. The number of nitrogens with zero attached hydrogens (tertiary/aromatic N) is 1. The summed E-state index contributed by atoms with van der Waals surface area (Å²) in [6.45, 7) is 0.826. The van der Waals surface area contributed by atoms with E-state index in [2.05, 4.69) is 20.9 Å². The summed E-state index contributed by atoms with van der Waals surface area (Å²) >= 11 is 0. The molecule has 0 heterocycles. The van der Waals surface area contributed by atoms with E-state index in [0.717, 1.165) is 25.7 Å². The molecule has 8 N–H and O–H groups in total. The number of rotatable bonds is 15. The summed E-state index contributed by atoms with van der Waals surface area (Å²) in [5.74, 6) is -0.671. The summed E-state index contributed by atoms with van der Waals surface area (Å²) in [5.41, 5.74) is 12.2. The molecule has 0 radical (unpaired) electrons. The fraction of sp³-hybridized carbons (Fsp3) is 0.421. The molecule has 4 fully saturated rings. The van der Waals surface area contributed by atoms with Crippen molar-refractivity contribution in [1.29, 1.82) is 0 Å². The molecule has 4 saturated carbocycles. The zero-order chi connectivity index (χ0) is 36.8. The molecule has 4 aliphatic rings. The Morgan fingerprint density at radius 2 is 1.33 bits per heavy atom. The van der Waals surface area contributed by atoms with Gasteiger partial charge in [0.05, 0.1) is 12.3 Å². The summed E-state index contributed by atoms with van der Waals surface area (Å²) in [5, 5.41) is 18.3. The van der Waals surface area contributed by atoms with E-state index < -0.39 is 43.9 Å². The molecule has 52 heavy (non-hydrogen) atoms. The number of nitrogens with two attached hydrogens (primary N) is 2. The Hall–Kier alpha value is -4.87. The van der Waals surface area contributed by atoms with Gasteiger partial charge in [-0.15, -0.1) is 0 Å². The predicted octanol–water partition coefficient (Wildman–Crippen LogP) is 3.98. The summed E-state index contributed by atoms with van der Waals surface area (Å²) in [6.07, 6.45) is 5.38. The minimum Gasteiger partial charge on any atom is -0.415 e. The number of para-hydroxylation sites is 2. The van der Waals surface area contributed by atoms with E-state index in [9.17, 15) is 24.1 Å². The van der Waals surface area contributed by atoms with Crippen LogP contribution in [-0.2, 0) is 25.4 Å². The van der Waals surface area contributed by atoms with E-state index in [-0.39, 0.29) is 35.7 Å². The van der Waals surface area contributed by atoms with Gasteiger partial charge in [-0.05, 0) is 105 Å². The van der Waals surface area contributed by atoms with Crippen molar-refractivity contribution in [1.82, 2.24) is 16.0 Å². The summed E-state index contributed by atoms with van der Waals surface area (Å²) < 4.78 is 27.0. The Kier molecular flexibility index (Phi) is 11.5. The molecule has 13 nitrogen and oxygen atoms in total. The average Bonchev–Trinajstić information content (AvgIpc) is 3.11. The van der Waals surface area contributed by atoms with Crippen LogP contribution in [0.15, 0.2) is 89.9 Å². The number of carbonyl (C=O) groups excluding carboxylic acids is 3. The van der Waals surface area contributed by atoms with Gasteiger partial charge in [0.2, 0.25) is 17.7 Å². The van der Waals surface area contributed by atoms with E-state index in [4.69, 9.17) is 20.5 Å². The second-order valence-electron chi connectivity index (χ2n) is 14.2. The molecule has 0 aliphatic heterocycles. The normalized spacial score (nSPS) is 23.4. The molecular weight excluding hydrogens is 683 g/mol. The molecule has 3 aromatic carbocycles. The first-order valence-corrected chi connectivity index (χ1v) is 19.4. The number of hydrogen-bond acceptors (Lipinski definition) is 8. The van der Waals surface area contributed by atoms with Crippen molar-refractivity contribution in [2.75, 3.05) is 6.61 Å². The zero-order valence-corrected chi connectivity index (χ0v) is 30.0. The highest BCUT2D eigenvalue weighted by Gasteiger charge is 2.51. The predicted molar refractivity (Wildman–Crippen MR) is 196 cm³/mol. The van der Waals surface area contributed by atoms with Gasteiger partial charge >= 0.3 is 7.60 Å². The second kappa shape index (κ2) is 16.2. The molecule has 0 spiro atoms. The maximum Gasteiger partial charge on any atom is 0.453 e. The maximum atomic E-state index is 14.9. The van der Waals surface area contributed by atoms with E-state index >= 15 is 0 Å². The van der Waals surface area contributed by atoms with Gasteiger partial charge in [-0.25, -0.2) is 9.56 Å². The molecule has 0 aromatic heterocycles. The first kappa shape index (κ1) is 36.9. The summed E-state index contributed by atoms with van der Waals surface area (Å²) in [6, 6.07) is 21.3. The van der Waals surface area contributed by atoms with Gasteiger partial charge in [-0.3, -0.25) is 14.4 Å². The Morgan fingerprint density at radius 1 is 0.788 bits per heavy atom. The third-order valence-electron chi connectivity index (χ3n) is 10.4. The van der Waals surface area contributed by atoms with Gasteiger partial charge in [0, 0.05) is 12.3 Å². The Balaban J connectivity index is 1.19. The largest absolute Gasteiger partial charge is 0.453 e. The molecule has 7 rings (SSSR count). The maximum absolute atomic E-state index is 14.9. The summed E-state index contributed by atoms with van der Waals surface area (Å²) in [7, 11) is -4.28. The van der Waals surface area contributed by atoms with Crippen molar-refractivity contribution in [3.63, 3.8) is 0 Å². The number of amides is 3. The van der Waals surface area contributed by atoms with Crippen LogP contribution in [0, 0.1) is 29.6 Å². The van der Waals surface area contributed by atoms with Crippen molar-refractivity contribution in [2.24, 2.45) is 46.0 Å². The number of carbonyl (C=O) groups is 3. The third-order valence-corrected chi connectivity index (χ3v) is 12.4. The first-order valence-electron chi connectivity index (χ1n) is 17.8. The quantitative estimate of drug-likeness (QED) is 0.0759. The highest BCUT2D eigenvalue weighted by atomic mass is 31.2. The van der Waals surface area contributed by atoms with Crippen molar-refractivity contribution in [3.05, 3.63) is 90.5 Å². The third kappa shape index (κ3) is 8.94. The number of aliphatic imine (C=N–C) groups is 1. The molecule has 276 valence electrons. The van der Waals surface area contributed by atoms with Gasteiger partial charge in [0.25, 0.3) is 0 Å². The molecule has 1 unspecified atom stereocenters. The van der Waals surface area contributed by atoms with E-state index in [1.165, 1.54) is 13.3 Å². The van der Waals surface area contributed by atoms with Crippen LogP contribution in [-0.4, -0.2) is 53.3 Å². The number of aliphatic hydroxyl groups is 1. The van der Waals surface area contributed by atoms with E-state index in [1.807, 2.05) is 0 Å². The monoisotopic (exact) mass is 730 g/mol. The number of hydrogen-bond donors (Lipinski definition) is 6. The Morgan fingerprint density at radius 3 is 1.83 bits per heavy atom. The lowest BCUT2D eigenvalue weighted by Crippen LogP contribution is -2.58. The molecule has 3 amide bonds. The molecular formula is C38H47N6O7P. The van der Waals surface area contributed by atoms with Crippen LogP contribution in [0.5, 0.6) is 11.5 Å². The zero-order valence-electron chi connectivity index (χ0n) is 29.1. The van der Waals surface area contributed by atoms with Gasteiger partial charge in [0.15, 0.2) is 11.7 Å². The lowest BCUT2D eigenvalue weighted by Gasteiger charge is -2.53. The highest BCUT2D eigenvalue weighted by Crippen LogP contribution is 2.56. The second-order valence-corrected chi connectivity index (χ2v) is 16.3. The Bertz CT molecular complexity index is 1710. The molecule has 14 heteroatoms. The Labute approximate surface area is 303 Å². The van der Waals surface area contributed by atoms with Crippen molar-refractivity contribution in [3.8, 4) is 11.5 Å². The highest BCUT2D eigenvalue weighted by molar-refractivity contribution is 7.55. The lowest BCUT2D eigenvalue weighted by molar-refractivity contribution is -0.142. The van der Waals surface area contributed by atoms with Crippen LogP contribution in [0.3, 0.4) is 0 Å². The molecule has 4 aliphatic carbocycles. The SMILES string of the molecule is C[C@H](NC(=O)[C@@H](CO)NC(=O)C1C2CC3CC(C2)CC1C3)C(=O)NC(Cc1ccc(N=C(N)N)cc1)P(=O)(Oc1ccccc1)Oc1ccccc1. The number of aliphatic hydroxyl groups excluding tert-OH is 1. The van der Waals surface area contributed by atoms with E-state index in [0.29, 0.717) is 34.9 Å². The minimum atomic E-state index is -4.28. The molecule has 4 bridgehead atoms. The molecule has 3 atom stereocenters. The van der Waals surface area contributed by atoms with E-state index in [1.54, 1.807) is 84.9 Å². The van der Waals surface area contributed by atoms with Crippen LogP contribution >= 0.6 is 7.60 Å². The van der Waals surface area contributed by atoms with Crippen LogP contribution in [0.25, 0.3) is 0 Å². The van der Waals surface area contributed by atoms with Crippen molar-refractivity contribution >= 4 is 37.0 Å². The van der Waals surface area contributed by atoms with Crippen LogP contribution in [0.4, 0.5) is 5.69 Å². The average molecular weight is 731 g/mol. The molecule has 3 aromatic rings.